The van der Waals surface area contributed by atoms with Crippen LogP contribution in [0.2, 0.25) is 0 Å². The molecule has 34 heavy (non-hydrogen) atoms. The molecule has 0 bridgehead atoms. The van der Waals surface area contributed by atoms with Crippen molar-refractivity contribution in [2.45, 2.75) is 0 Å². The second kappa shape index (κ2) is 8.74. The molecule has 0 fully saturated rings. The number of fused-ring (bicyclic) bond motifs is 3. The van der Waals surface area contributed by atoms with E-state index in [0.717, 1.165) is 16.7 Å². The van der Waals surface area contributed by atoms with Crippen LogP contribution in [0.3, 0.4) is 0 Å². The van der Waals surface area contributed by atoms with E-state index in [0.29, 0.717) is 0 Å². The summed E-state index contributed by atoms with van der Waals surface area (Å²) < 4.78 is 0. The molecule has 0 heterocycles. The minimum Gasteiger partial charge on any atom is -0.0622 e. The summed E-state index contributed by atoms with van der Waals surface area (Å²) >= 11 is 0. The number of benzene rings is 6. The molecule has 0 heteroatoms. The summed E-state index contributed by atoms with van der Waals surface area (Å²) in [6, 6.07) is 46.9. The Morgan fingerprint density at radius 3 is 1.94 bits per heavy atom. The summed E-state index contributed by atoms with van der Waals surface area (Å²) in [7, 11) is 0. The largest absolute Gasteiger partial charge is 0.0622 e. The van der Waals surface area contributed by atoms with Crippen LogP contribution in [0.4, 0.5) is 0 Å². The molecule has 0 amide bonds. The Hall–Kier alpha value is -4.60. The molecular formula is C34H22. The van der Waals surface area contributed by atoms with Crippen molar-refractivity contribution in [3.8, 4) is 34.1 Å². The average molecular weight is 431 g/mol. The normalized spacial score (nSPS) is 10.7. The van der Waals surface area contributed by atoms with Gasteiger partial charge in [0.15, 0.2) is 0 Å². The second-order valence-corrected chi connectivity index (χ2v) is 8.43. The lowest BCUT2D eigenvalue weighted by atomic mass is 9.92. The van der Waals surface area contributed by atoms with Gasteiger partial charge in [0, 0.05) is 11.1 Å². The summed E-state index contributed by atoms with van der Waals surface area (Å²) in [5.74, 6) is 6.84. The van der Waals surface area contributed by atoms with Gasteiger partial charge in [-0.05, 0) is 68.1 Å². The van der Waals surface area contributed by atoms with Crippen LogP contribution < -0.4 is 0 Å². The minimum absolute atomic E-state index is 1.01. The molecule has 0 N–H and O–H groups in total. The van der Waals surface area contributed by atoms with Crippen LogP contribution >= 0.6 is 0 Å². The third kappa shape index (κ3) is 3.75. The van der Waals surface area contributed by atoms with E-state index in [-0.39, 0.29) is 0 Å². The molecule has 0 spiro atoms. The highest BCUT2D eigenvalue weighted by atomic mass is 14.1. The van der Waals surface area contributed by atoms with E-state index in [2.05, 4.69) is 133 Å². The quantitative estimate of drug-likeness (QED) is 0.190. The van der Waals surface area contributed by atoms with Crippen molar-refractivity contribution in [1.29, 1.82) is 0 Å². The number of rotatable bonds is 2. The van der Waals surface area contributed by atoms with E-state index >= 15 is 0 Å². The summed E-state index contributed by atoms with van der Waals surface area (Å²) in [4.78, 5) is 0. The van der Waals surface area contributed by atoms with Crippen LogP contribution in [-0.2, 0) is 0 Å². The minimum atomic E-state index is 1.01. The summed E-state index contributed by atoms with van der Waals surface area (Å²) in [5, 5.41) is 5.09. The van der Waals surface area contributed by atoms with E-state index in [1.807, 2.05) is 12.1 Å². The highest BCUT2D eigenvalue weighted by Gasteiger charge is 2.08. The van der Waals surface area contributed by atoms with Gasteiger partial charge >= 0.3 is 0 Å². The van der Waals surface area contributed by atoms with Crippen molar-refractivity contribution in [1.82, 2.24) is 0 Å². The molecule has 0 aromatic heterocycles. The van der Waals surface area contributed by atoms with Crippen molar-refractivity contribution in [3.05, 3.63) is 145 Å². The van der Waals surface area contributed by atoms with E-state index in [1.165, 1.54) is 38.2 Å². The van der Waals surface area contributed by atoms with Crippen LogP contribution in [0.5, 0.6) is 0 Å². The molecule has 0 atom stereocenters. The Bertz CT molecular complexity index is 1700. The predicted octanol–water partition coefficient (Wildman–Crippen LogP) is 8.73. The fourth-order valence-electron chi connectivity index (χ4n) is 4.66. The molecule has 6 aromatic rings. The van der Waals surface area contributed by atoms with E-state index < -0.39 is 0 Å². The molecule has 0 unspecified atom stereocenters. The van der Waals surface area contributed by atoms with E-state index in [1.54, 1.807) is 0 Å². The van der Waals surface area contributed by atoms with Crippen LogP contribution in [0, 0.1) is 11.8 Å². The SMILES string of the molecule is C(#Cc1ccccc1-c1ccccc1)c1cccc(-c2cc3ccccc3c3ccccc23)c1. The molecule has 0 aliphatic heterocycles. The van der Waals surface area contributed by atoms with Gasteiger partial charge in [0.2, 0.25) is 0 Å². The molecule has 6 aromatic carbocycles. The van der Waals surface area contributed by atoms with Crippen LogP contribution in [0.1, 0.15) is 11.1 Å². The van der Waals surface area contributed by atoms with E-state index in [4.69, 9.17) is 0 Å². The monoisotopic (exact) mass is 430 g/mol. The Morgan fingerprint density at radius 1 is 0.382 bits per heavy atom. The molecule has 0 saturated carbocycles. The van der Waals surface area contributed by atoms with Gasteiger partial charge < -0.3 is 0 Å². The molecular weight excluding hydrogens is 408 g/mol. The topological polar surface area (TPSA) is 0 Å². The lowest BCUT2D eigenvalue weighted by Crippen LogP contribution is -1.86. The van der Waals surface area contributed by atoms with Gasteiger partial charge in [0.1, 0.15) is 0 Å². The average Bonchev–Trinajstić information content (AvgIpc) is 2.92. The maximum absolute atomic E-state index is 3.42. The standard InChI is InChI=1S/C34H22/c1-2-12-26(13-3-1)30-17-6-4-14-27(30)22-21-25-11-10-16-28(23-25)34-24-29-15-5-7-18-31(29)32-19-8-9-20-33(32)34/h1-20,23-24H. The fraction of sp³-hybridized carbons (Fsp3) is 0. The number of hydrogen-bond acceptors (Lipinski definition) is 0. The molecule has 0 saturated heterocycles. The van der Waals surface area contributed by atoms with Gasteiger partial charge in [-0.1, -0.05) is 121 Å². The lowest BCUT2D eigenvalue weighted by molar-refractivity contribution is 1.58. The van der Waals surface area contributed by atoms with Crippen molar-refractivity contribution in [2.75, 3.05) is 0 Å². The Labute approximate surface area is 200 Å². The molecule has 158 valence electrons. The first kappa shape index (κ1) is 20.0. The molecule has 0 radical (unpaired) electrons. The first-order chi connectivity index (χ1) is 16.9. The smallest absolute Gasteiger partial charge is 0.0327 e. The van der Waals surface area contributed by atoms with Crippen molar-refractivity contribution in [2.24, 2.45) is 0 Å². The molecule has 0 aliphatic carbocycles. The van der Waals surface area contributed by atoms with Crippen LogP contribution in [0.15, 0.2) is 133 Å². The Balaban J connectivity index is 1.45. The second-order valence-electron chi connectivity index (χ2n) is 8.43. The van der Waals surface area contributed by atoms with E-state index in [9.17, 15) is 0 Å². The van der Waals surface area contributed by atoms with Gasteiger partial charge in [-0.25, -0.2) is 0 Å². The van der Waals surface area contributed by atoms with Crippen LogP contribution in [0.25, 0.3) is 43.8 Å². The third-order valence-corrected chi connectivity index (χ3v) is 6.29. The summed E-state index contributed by atoms with van der Waals surface area (Å²) in [5.41, 5.74) is 6.82. The molecule has 0 nitrogen and oxygen atoms in total. The first-order valence-electron chi connectivity index (χ1n) is 11.5. The highest BCUT2D eigenvalue weighted by molar-refractivity contribution is 6.13. The highest BCUT2D eigenvalue weighted by Crippen LogP contribution is 2.35. The van der Waals surface area contributed by atoms with Gasteiger partial charge in [0.25, 0.3) is 0 Å². The summed E-state index contributed by atoms with van der Waals surface area (Å²) in [6.45, 7) is 0. The van der Waals surface area contributed by atoms with Crippen molar-refractivity contribution >= 4 is 21.5 Å². The third-order valence-electron chi connectivity index (χ3n) is 6.29. The molecule has 0 aliphatic rings. The van der Waals surface area contributed by atoms with Gasteiger partial charge in [0.05, 0.1) is 0 Å². The zero-order chi connectivity index (χ0) is 22.7. The van der Waals surface area contributed by atoms with Gasteiger partial charge in [-0.2, -0.15) is 0 Å². The lowest BCUT2D eigenvalue weighted by Gasteiger charge is -2.11. The molecule has 6 rings (SSSR count). The maximum atomic E-state index is 3.42. The van der Waals surface area contributed by atoms with Crippen LogP contribution in [-0.4, -0.2) is 0 Å². The maximum Gasteiger partial charge on any atom is 0.0327 e. The summed E-state index contributed by atoms with van der Waals surface area (Å²) in [6.07, 6.45) is 0. The van der Waals surface area contributed by atoms with Gasteiger partial charge in [-0.15, -0.1) is 0 Å². The van der Waals surface area contributed by atoms with Gasteiger partial charge in [-0.3, -0.25) is 0 Å². The zero-order valence-electron chi connectivity index (χ0n) is 18.7. The first-order valence-corrected chi connectivity index (χ1v) is 11.5. The Morgan fingerprint density at radius 2 is 1.06 bits per heavy atom. The predicted molar refractivity (Wildman–Crippen MR) is 145 cm³/mol. The van der Waals surface area contributed by atoms with Crippen molar-refractivity contribution in [3.63, 3.8) is 0 Å². The van der Waals surface area contributed by atoms with Crippen molar-refractivity contribution < 1.29 is 0 Å². The number of hydrogen-bond donors (Lipinski definition) is 0. The zero-order valence-corrected chi connectivity index (χ0v) is 18.7. The fourth-order valence-corrected chi connectivity index (χ4v) is 4.66. The Kier molecular flexibility index (Phi) is 5.15.